The number of nitrogens with one attached hydrogen (secondary N) is 1. The van der Waals surface area contributed by atoms with E-state index in [2.05, 4.69) is 15.3 Å². The molecule has 0 fully saturated rings. The van der Waals surface area contributed by atoms with E-state index in [1.54, 1.807) is 42.5 Å². The van der Waals surface area contributed by atoms with Crippen molar-refractivity contribution in [1.82, 2.24) is 15.0 Å². The van der Waals surface area contributed by atoms with Crippen LogP contribution in [-0.4, -0.2) is 22.6 Å². The number of benzene rings is 2. The van der Waals surface area contributed by atoms with Gasteiger partial charge in [0.25, 0.3) is 11.5 Å². The van der Waals surface area contributed by atoms with E-state index in [1.807, 2.05) is 6.07 Å². The molecule has 22 heavy (non-hydrogen) atoms. The molecule has 0 saturated heterocycles. The lowest BCUT2D eigenvalue weighted by Gasteiger charge is -2.07. The van der Waals surface area contributed by atoms with Crippen LogP contribution >= 0.6 is 0 Å². The van der Waals surface area contributed by atoms with Crippen molar-refractivity contribution in [2.75, 3.05) is 7.11 Å². The molecule has 110 valence electrons. The van der Waals surface area contributed by atoms with Gasteiger partial charge in [-0.15, -0.1) is 0 Å². The van der Waals surface area contributed by atoms with Gasteiger partial charge in [-0.25, -0.2) is 10.5 Å². The van der Waals surface area contributed by atoms with Gasteiger partial charge in [0.1, 0.15) is 6.33 Å². The number of nitrogens with zero attached hydrogens (tertiary/aromatic N) is 2. The van der Waals surface area contributed by atoms with Gasteiger partial charge in [0.15, 0.2) is 0 Å². The van der Waals surface area contributed by atoms with Crippen molar-refractivity contribution in [3.8, 4) is 5.69 Å². The number of carbonyl (C=O) groups excluding carboxylic acids is 1. The summed E-state index contributed by atoms with van der Waals surface area (Å²) in [6, 6.07) is 13.8. The summed E-state index contributed by atoms with van der Waals surface area (Å²) in [6.45, 7) is 0. The third kappa shape index (κ3) is 2.47. The maximum absolute atomic E-state index is 12.5. The van der Waals surface area contributed by atoms with E-state index in [9.17, 15) is 9.59 Å². The largest absolute Gasteiger partial charge is 0.277 e. The van der Waals surface area contributed by atoms with Gasteiger partial charge in [0, 0.05) is 5.56 Å². The summed E-state index contributed by atoms with van der Waals surface area (Å²) in [4.78, 5) is 32.9. The first-order valence-corrected chi connectivity index (χ1v) is 6.61. The molecule has 6 nitrogen and oxygen atoms in total. The molecule has 0 radical (unpaired) electrons. The summed E-state index contributed by atoms with van der Waals surface area (Å²) in [6.07, 6.45) is 1.48. The van der Waals surface area contributed by atoms with Crippen LogP contribution in [-0.2, 0) is 4.84 Å². The van der Waals surface area contributed by atoms with E-state index in [-0.39, 0.29) is 11.5 Å². The molecule has 1 N–H and O–H groups in total. The molecule has 0 unspecified atom stereocenters. The molecular weight excluding hydrogens is 282 g/mol. The fraction of sp³-hybridized carbons (Fsp3) is 0.0625. The van der Waals surface area contributed by atoms with E-state index in [4.69, 9.17) is 0 Å². The van der Waals surface area contributed by atoms with Crippen molar-refractivity contribution in [1.29, 1.82) is 0 Å². The molecule has 0 aliphatic carbocycles. The Morgan fingerprint density at radius 3 is 2.59 bits per heavy atom. The van der Waals surface area contributed by atoms with Crippen LogP contribution in [0.5, 0.6) is 0 Å². The first-order valence-electron chi connectivity index (χ1n) is 6.61. The van der Waals surface area contributed by atoms with Crippen LogP contribution in [0.25, 0.3) is 16.6 Å². The summed E-state index contributed by atoms with van der Waals surface area (Å²) in [7, 11) is 1.37. The molecule has 3 aromatic rings. The first-order chi connectivity index (χ1) is 10.7. The Labute approximate surface area is 125 Å². The number of para-hydroxylation sites is 1. The Morgan fingerprint density at radius 2 is 1.86 bits per heavy atom. The van der Waals surface area contributed by atoms with Gasteiger partial charge in [0.05, 0.1) is 23.7 Å². The number of hydrogen-bond acceptors (Lipinski definition) is 4. The van der Waals surface area contributed by atoms with Crippen LogP contribution in [0.3, 0.4) is 0 Å². The second-order valence-corrected chi connectivity index (χ2v) is 4.62. The molecular formula is C16H13N3O3. The van der Waals surface area contributed by atoms with Gasteiger partial charge in [0.2, 0.25) is 0 Å². The summed E-state index contributed by atoms with van der Waals surface area (Å²) in [5.74, 6) is -0.349. The third-order valence-corrected chi connectivity index (χ3v) is 3.27. The lowest BCUT2D eigenvalue weighted by Crippen LogP contribution is -2.22. The zero-order valence-electron chi connectivity index (χ0n) is 11.8. The van der Waals surface area contributed by atoms with Gasteiger partial charge in [-0.2, -0.15) is 0 Å². The highest BCUT2D eigenvalue weighted by atomic mass is 16.6. The van der Waals surface area contributed by atoms with Gasteiger partial charge < -0.3 is 0 Å². The minimum Gasteiger partial charge on any atom is -0.277 e. The molecule has 0 bridgehead atoms. The number of fused-ring (bicyclic) bond motifs is 1. The van der Waals surface area contributed by atoms with Crippen molar-refractivity contribution < 1.29 is 9.63 Å². The van der Waals surface area contributed by atoms with E-state index in [0.29, 0.717) is 22.2 Å². The van der Waals surface area contributed by atoms with Crippen molar-refractivity contribution in [3.63, 3.8) is 0 Å². The molecule has 0 atom stereocenters. The smallest absolute Gasteiger partial charge is 0.274 e. The molecule has 0 saturated carbocycles. The fourth-order valence-electron chi connectivity index (χ4n) is 2.18. The minimum absolute atomic E-state index is 0.153. The highest BCUT2D eigenvalue weighted by molar-refractivity contribution is 5.93. The predicted molar refractivity (Wildman–Crippen MR) is 81.8 cm³/mol. The topological polar surface area (TPSA) is 73.2 Å². The zero-order valence-corrected chi connectivity index (χ0v) is 11.8. The van der Waals surface area contributed by atoms with Crippen LogP contribution < -0.4 is 11.0 Å². The SMILES string of the molecule is CONC(=O)c1ccc(-n2cnc3ccccc3c2=O)cc1. The summed E-state index contributed by atoms with van der Waals surface area (Å²) >= 11 is 0. The quantitative estimate of drug-likeness (QED) is 0.746. The van der Waals surface area contributed by atoms with E-state index < -0.39 is 0 Å². The van der Waals surface area contributed by atoms with Crippen LogP contribution in [0.15, 0.2) is 59.7 Å². The summed E-state index contributed by atoms with van der Waals surface area (Å²) < 4.78 is 1.44. The fourth-order valence-corrected chi connectivity index (χ4v) is 2.18. The number of aromatic nitrogens is 2. The summed E-state index contributed by atoms with van der Waals surface area (Å²) in [5.41, 5.74) is 3.81. The Morgan fingerprint density at radius 1 is 1.14 bits per heavy atom. The maximum Gasteiger partial charge on any atom is 0.274 e. The predicted octanol–water partition coefficient (Wildman–Crippen LogP) is 1.68. The zero-order chi connectivity index (χ0) is 15.5. The lowest BCUT2D eigenvalue weighted by atomic mass is 10.2. The Balaban J connectivity index is 2.03. The van der Waals surface area contributed by atoms with E-state index in [1.165, 1.54) is 18.0 Å². The van der Waals surface area contributed by atoms with Crippen molar-refractivity contribution in [3.05, 3.63) is 70.8 Å². The number of hydroxylamine groups is 1. The number of rotatable bonds is 3. The average molecular weight is 295 g/mol. The van der Waals surface area contributed by atoms with Crippen LogP contribution in [0.2, 0.25) is 0 Å². The molecule has 0 aliphatic rings. The van der Waals surface area contributed by atoms with Crippen LogP contribution in [0.1, 0.15) is 10.4 Å². The molecule has 1 aromatic heterocycles. The Kier molecular flexibility index (Phi) is 3.67. The molecule has 3 rings (SSSR count). The maximum atomic E-state index is 12.5. The highest BCUT2D eigenvalue weighted by Crippen LogP contribution is 2.10. The average Bonchev–Trinajstić information content (AvgIpc) is 2.56. The molecule has 2 aromatic carbocycles. The minimum atomic E-state index is -0.349. The van der Waals surface area contributed by atoms with Gasteiger partial charge >= 0.3 is 0 Å². The second-order valence-electron chi connectivity index (χ2n) is 4.62. The number of hydrogen-bond donors (Lipinski definition) is 1. The molecule has 0 aliphatic heterocycles. The Bertz CT molecular complexity index is 885. The summed E-state index contributed by atoms with van der Waals surface area (Å²) in [5, 5.41) is 0.547. The van der Waals surface area contributed by atoms with Crippen molar-refractivity contribution in [2.24, 2.45) is 0 Å². The van der Waals surface area contributed by atoms with Crippen LogP contribution in [0, 0.1) is 0 Å². The molecule has 1 amide bonds. The molecule has 6 heteroatoms. The van der Waals surface area contributed by atoms with Gasteiger partial charge in [-0.3, -0.25) is 19.0 Å². The van der Waals surface area contributed by atoms with Gasteiger partial charge in [-0.05, 0) is 36.4 Å². The second kappa shape index (κ2) is 5.79. The van der Waals surface area contributed by atoms with Crippen LogP contribution in [0.4, 0.5) is 0 Å². The molecule has 0 spiro atoms. The van der Waals surface area contributed by atoms with E-state index in [0.717, 1.165) is 0 Å². The Hall–Kier alpha value is -2.99. The van der Waals surface area contributed by atoms with Crippen molar-refractivity contribution >= 4 is 16.8 Å². The van der Waals surface area contributed by atoms with E-state index >= 15 is 0 Å². The lowest BCUT2D eigenvalue weighted by molar-refractivity contribution is 0.0537. The number of amides is 1. The standard InChI is InChI=1S/C16H13N3O3/c1-22-18-15(20)11-6-8-12(9-7-11)19-10-17-14-5-3-2-4-13(14)16(19)21/h2-10H,1H3,(H,18,20). The third-order valence-electron chi connectivity index (χ3n) is 3.27. The van der Waals surface area contributed by atoms with Crippen molar-refractivity contribution in [2.45, 2.75) is 0 Å². The molecule has 1 heterocycles. The monoisotopic (exact) mass is 295 g/mol. The first kappa shape index (κ1) is 14.0. The number of carbonyl (C=O) groups is 1. The van der Waals surface area contributed by atoms with Gasteiger partial charge in [-0.1, -0.05) is 12.1 Å². The highest BCUT2D eigenvalue weighted by Gasteiger charge is 2.07. The normalized spacial score (nSPS) is 10.6.